The number of rotatable bonds is 3. The molecule has 1 rings (SSSR count). The highest BCUT2D eigenvalue weighted by atomic mass is 35.6. The topological polar surface area (TPSA) is 66.5 Å². The highest BCUT2D eigenvalue weighted by Gasteiger charge is 2.30. The summed E-state index contributed by atoms with van der Waals surface area (Å²) in [5.74, 6) is -0.819. The molecule has 5 nitrogen and oxygen atoms in total. The number of carbonyl (C=O) groups excluding carboxylic acids is 1. The minimum absolute atomic E-state index is 0.101. The number of hydrogen-bond acceptors (Lipinski definition) is 3. The number of nitrogens with one attached hydrogen (secondary N) is 1. The van der Waals surface area contributed by atoms with Crippen LogP contribution >= 0.6 is 34.8 Å². The van der Waals surface area contributed by atoms with Gasteiger partial charge in [0, 0.05) is 19.8 Å². The van der Waals surface area contributed by atoms with Crippen molar-refractivity contribution in [1.82, 2.24) is 4.31 Å². The second-order valence-corrected chi connectivity index (χ2v) is 8.20. The van der Waals surface area contributed by atoms with Gasteiger partial charge in [-0.05, 0) is 24.3 Å². The van der Waals surface area contributed by atoms with Crippen LogP contribution in [0.25, 0.3) is 0 Å². The fourth-order valence-corrected chi connectivity index (χ4v) is 2.17. The van der Waals surface area contributed by atoms with Crippen LogP contribution in [0.1, 0.15) is 0 Å². The Hall–Kier alpha value is -0.530. The largest absolute Gasteiger partial charge is 0.322 e. The second kappa shape index (κ2) is 5.85. The lowest BCUT2D eigenvalue weighted by Crippen LogP contribution is -2.27. The summed E-state index contributed by atoms with van der Waals surface area (Å²) in [5, 5.41) is 2.35. The number of amides is 1. The van der Waals surface area contributed by atoms with Crippen LogP contribution < -0.4 is 5.32 Å². The van der Waals surface area contributed by atoms with Crippen molar-refractivity contribution < 1.29 is 13.2 Å². The molecule has 0 saturated carbocycles. The first-order valence-electron chi connectivity index (χ1n) is 4.96. The molecule has 0 bridgehead atoms. The number of alkyl halides is 3. The Balaban J connectivity index is 2.93. The summed E-state index contributed by atoms with van der Waals surface area (Å²) in [5.41, 5.74) is 0.328. The summed E-state index contributed by atoms with van der Waals surface area (Å²) in [4.78, 5) is 11.5. The first-order chi connectivity index (χ1) is 8.55. The number of benzene rings is 1. The van der Waals surface area contributed by atoms with Crippen LogP contribution in [0.15, 0.2) is 29.2 Å². The van der Waals surface area contributed by atoms with Gasteiger partial charge in [-0.3, -0.25) is 4.79 Å². The Kier molecular flexibility index (Phi) is 5.08. The average molecular weight is 346 g/mol. The lowest BCUT2D eigenvalue weighted by molar-refractivity contribution is -0.115. The molecule has 1 aromatic rings. The van der Waals surface area contributed by atoms with Crippen LogP contribution in [0, 0.1) is 0 Å². The number of sulfonamides is 1. The lowest BCUT2D eigenvalue weighted by Gasteiger charge is -2.13. The molecule has 1 aromatic carbocycles. The van der Waals surface area contributed by atoms with Crippen molar-refractivity contribution >= 4 is 56.4 Å². The van der Waals surface area contributed by atoms with E-state index in [1.165, 1.54) is 38.4 Å². The Labute approximate surface area is 126 Å². The van der Waals surface area contributed by atoms with Crippen LogP contribution in [0.3, 0.4) is 0 Å². The second-order valence-electron chi connectivity index (χ2n) is 3.76. The summed E-state index contributed by atoms with van der Waals surface area (Å²) < 4.78 is 22.6. The number of hydrogen-bond donors (Lipinski definition) is 1. The van der Waals surface area contributed by atoms with E-state index < -0.39 is 19.7 Å². The monoisotopic (exact) mass is 344 g/mol. The van der Waals surface area contributed by atoms with Gasteiger partial charge in [0.2, 0.25) is 10.0 Å². The molecular weight excluding hydrogens is 335 g/mol. The summed E-state index contributed by atoms with van der Waals surface area (Å²) in [6.45, 7) is 0. The molecule has 19 heavy (non-hydrogen) atoms. The summed E-state index contributed by atoms with van der Waals surface area (Å²) in [7, 11) is -0.659. The van der Waals surface area contributed by atoms with E-state index in [1.807, 2.05) is 0 Å². The van der Waals surface area contributed by atoms with Crippen molar-refractivity contribution in [2.24, 2.45) is 0 Å². The van der Waals surface area contributed by atoms with E-state index in [9.17, 15) is 13.2 Å². The van der Waals surface area contributed by atoms with Crippen molar-refractivity contribution in [1.29, 1.82) is 0 Å². The van der Waals surface area contributed by atoms with Gasteiger partial charge in [0.1, 0.15) is 0 Å². The maximum Gasteiger partial charge on any atom is 0.276 e. The third kappa shape index (κ3) is 4.22. The Morgan fingerprint density at radius 2 is 1.63 bits per heavy atom. The molecule has 0 aliphatic heterocycles. The Bertz CT molecular complexity index is 565. The molecule has 0 heterocycles. The third-order valence-electron chi connectivity index (χ3n) is 2.15. The zero-order valence-electron chi connectivity index (χ0n) is 10.0. The van der Waals surface area contributed by atoms with Crippen molar-refractivity contribution in [3.63, 3.8) is 0 Å². The van der Waals surface area contributed by atoms with Crippen LogP contribution in [-0.2, 0) is 14.8 Å². The highest BCUT2D eigenvalue weighted by molar-refractivity contribution is 7.89. The van der Waals surface area contributed by atoms with Gasteiger partial charge in [0.25, 0.3) is 9.70 Å². The van der Waals surface area contributed by atoms with Gasteiger partial charge < -0.3 is 5.32 Å². The zero-order valence-corrected chi connectivity index (χ0v) is 13.1. The Morgan fingerprint density at radius 3 is 2.00 bits per heavy atom. The maximum atomic E-state index is 11.8. The van der Waals surface area contributed by atoms with E-state index in [4.69, 9.17) is 34.8 Å². The predicted molar refractivity (Wildman–Crippen MR) is 76.2 cm³/mol. The molecule has 0 saturated heterocycles. The molecule has 0 atom stereocenters. The van der Waals surface area contributed by atoms with Gasteiger partial charge in [-0.2, -0.15) is 0 Å². The Morgan fingerprint density at radius 1 is 1.16 bits per heavy atom. The van der Waals surface area contributed by atoms with Crippen LogP contribution in [0.5, 0.6) is 0 Å². The van der Waals surface area contributed by atoms with Crippen molar-refractivity contribution in [3.05, 3.63) is 24.3 Å². The molecule has 0 aliphatic carbocycles. The van der Waals surface area contributed by atoms with Gasteiger partial charge in [0.15, 0.2) is 0 Å². The molecule has 0 aliphatic rings. The average Bonchev–Trinajstić information content (AvgIpc) is 2.28. The SMILES string of the molecule is CN(C)S(=O)(=O)c1ccc(NC(=O)C(Cl)(Cl)Cl)cc1. The summed E-state index contributed by atoms with van der Waals surface area (Å²) in [6.07, 6.45) is 0. The molecule has 1 N–H and O–H groups in total. The molecule has 0 radical (unpaired) electrons. The fraction of sp³-hybridized carbons (Fsp3) is 0.300. The number of nitrogens with zero attached hydrogens (tertiary/aromatic N) is 1. The number of halogens is 3. The molecule has 1 amide bonds. The zero-order chi connectivity index (χ0) is 14.8. The van der Waals surface area contributed by atoms with Gasteiger partial charge in [-0.25, -0.2) is 12.7 Å². The van der Waals surface area contributed by atoms with Crippen molar-refractivity contribution in [3.8, 4) is 0 Å². The molecular formula is C10H11Cl3N2O3S. The highest BCUT2D eigenvalue weighted by Crippen LogP contribution is 2.28. The van der Waals surface area contributed by atoms with Gasteiger partial charge in [-0.1, -0.05) is 34.8 Å². The van der Waals surface area contributed by atoms with E-state index >= 15 is 0 Å². The molecule has 0 spiro atoms. The first kappa shape index (κ1) is 16.5. The predicted octanol–water partition coefficient (Wildman–Crippen LogP) is 2.25. The number of anilines is 1. The minimum atomic E-state index is -3.51. The van der Waals surface area contributed by atoms with Crippen molar-refractivity contribution in [2.45, 2.75) is 8.69 Å². The van der Waals surface area contributed by atoms with Crippen molar-refractivity contribution in [2.75, 3.05) is 19.4 Å². The normalized spacial score (nSPS) is 12.5. The smallest absolute Gasteiger partial charge is 0.276 e. The first-order valence-corrected chi connectivity index (χ1v) is 7.53. The van der Waals surface area contributed by atoms with Gasteiger partial charge in [0.05, 0.1) is 4.90 Å². The maximum absolute atomic E-state index is 11.8. The van der Waals surface area contributed by atoms with Crippen LogP contribution in [-0.4, -0.2) is 36.5 Å². The van der Waals surface area contributed by atoms with Crippen LogP contribution in [0.4, 0.5) is 5.69 Å². The molecule has 106 valence electrons. The van der Waals surface area contributed by atoms with Gasteiger partial charge in [-0.15, -0.1) is 0 Å². The third-order valence-corrected chi connectivity index (χ3v) is 4.49. The van der Waals surface area contributed by atoms with Crippen LogP contribution in [0.2, 0.25) is 0 Å². The summed E-state index contributed by atoms with van der Waals surface area (Å²) in [6, 6.07) is 5.52. The van der Waals surface area contributed by atoms with E-state index in [-0.39, 0.29) is 4.90 Å². The van der Waals surface area contributed by atoms with E-state index in [0.29, 0.717) is 5.69 Å². The number of carbonyl (C=O) groups is 1. The molecule has 0 fully saturated rings. The molecule has 0 unspecified atom stereocenters. The van der Waals surface area contributed by atoms with E-state index in [2.05, 4.69) is 5.32 Å². The van der Waals surface area contributed by atoms with Gasteiger partial charge >= 0.3 is 0 Å². The fourth-order valence-electron chi connectivity index (χ4n) is 1.12. The van der Waals surface area contributed by atoms with E-state index in [0.717, 1.165) is 4.31 Å². The molecule has 9 heteroatoms. The summed E-state index contributed by atoms with van der Waals surface area (Å²) >= 11 is 16.2. The van der Waals surface area contributed by atoms with E-state index in [1.54, 1.807) is 0 Å². The quantitative estimate of drug-likeness (QED) is 0.854. The lowest BCUT2D eigenvalue weighted by atomic mass is 10.3. The minimum Gasteiger partial charge on any atom is -0.322 e. The molecule has 0 aromatic heterocycles. The standard InChI is InChI=1S/C10H11Cl3N2O3S/c1-15(2)19(17,18)8-5-3-7(4-6-8)14-9(16)10(11,12)13/h3-6H,1-2H3,(H,14,16).